The van der Waals surface area contributed by atoms with Gasteiger partial charge in [-0.3, -0.25) is 4.79 Å². The molecule has 2 atom stereocenters. The molecular weight excluding hydrogens is 681 g/mol. The molecule has 30 heavy (non-hydrogen) atoms. The summed E-state index contributed by atoms with van der Waals surface area (Å²) in [4.78, 5) is 27.5. The molecule has 0 aliphatic carbocycles. The number of anilines is 1. The quantitative estimate of drug-likeness (QED) is 0.145. The third-order valence-electron chi connectivity index (χ3n) is 2.36. The van der Waals surface area contributed by atoms with Gasteiger partial charge in [0.2, 0.25) is 6.41 Å². The molecule has 0 bridgehead atoms. The van der Waals surface area contributed by atoms with E-state index in [0.29, 0.717) is 0 Å². The third-order valence-corrected chi connectivity index (χ3v) is 4.19. The van der Waals surface area contributed by atoms with Crippen molar-refractivity contribution in [3.05, 3.63) is 60.7 Å². The van der Waals surface area contributed by atoms with Crippen molar-refractivity contribution in [2.45, 2.75) is 26.1 Å². The zero-order chi connectivity index (χ0) is 23.2. The van der Waals surface area contributed by atoms with Gasteiger partial charge in [-0.1, -0.05) is 18.2 Å². The number of aliphatic hydroxyl groups excluding tert-OH is 2. The first-order chi connectivity index (χ1) is 13.5. The van der Waals surface area contributed by atoms with Gasteiger partial charge >= 0.3 is 71.5 Å². The Labute approximate surface area is 212 Å². The summed E-state index contributed by atoms with van der Waals surface area (Å²) in [6, 6.07) is 20.0. The molecule has 0 aliphatic rings. The summed E-state index contributed by atoms with van der Waals surface area (Å²) in [5.41, 5.74) is 10.3. The second kappa shape index (κ2) is 25.5. The van der Waals surface area contributed by atoms with Crippen molar-refractivity contribution in [3.8, 4) is 0 Å². The molecule has 0 saturated carbocycles. The first-order valence-corrected chi connectivity index (χ1v) is 10.9. The predicted molar refractivity (Wildman–Crippen MR) is 106 cm³/mol. The zero-order valence-electron chi connectivity index (χ0n) is 17.1. The van der Waals surface area contributed by atoms with Gasteiger partial charge in [-0.25, -0.2) is 9.59 Å². The summed E-state index contributed by atoms with van der Waals surface area (Å²) in [6.45, 7) is 2.39. The van der Waals surface area contributed by atoms with Crippen molar-refractivity contribution in [2.24, 2.45) is 5.73 Å². The van der Waals surface area contributed by atoms with Gasteiger partial charge in [-0.15, -0.1) is 0 Å². The average Bonchev–Trinajstić information content (AvgIpc) is 2.65. The molecule has 0 fully saturated rings. The topological polar surface area (TPSA) is 184 Å². The molecule has 9 nitrogen and oxygen atoms in total. The molecule has 2 aromatic rings. The van der Waals surface area contributed by atoms with E-state index in [1.165, 1.54) is 16.9 Å². The Morgan fingerprint density at radius 3 is 1.20 bits per heavy atom. The van der Waals surface area contributed by atoms with E-state index in [9.17, 15) is 9.59 Å². The Morgan fingerprint density at radius 2 is 1.10 bits per heavy atom. The number of aliphatic carboxylic acids is 2. The second-order valence-electron chi connectivity index (χ2n) is 5.06. The van der Waals surface area contributed by atoms with Crippen LogP contribution < -0.4 is 14.5 Å². The summed E-state index contributed by atoms with van der Waals surface area (Å²) in [6.07, 6.45) is -2.21. The van der Waals surface area contributed by atoms with Gasteiger partial charge in [0.1, 0.15) is 12.2 Å². The van der Waals surface area contributed by atoms with Crippen LogP contribution in [0.4, 0.5) is 5.69 Å². The minimum atomic E-state index is -1.23. The van der Waals surface area contributed by atoms with Crippen LogP contribution in [0.15, 0.2) is 60.7 Å². The van der Waals surface area contributed by atoms with Gasteiger partial charge in [-0.05, 0) is 26.0 Å². The fourth-order valence-electron chi connectivity index (χ4n) is 0.931. The maximum absolute atomic E-state index is 9.45. The van der Waals surface area contributed by atoms with Crippen LogP contribution in [-0.2, 0) is 67.8 Å². The van der Waals surface area contributed by atoms with E-state index in [2.05, 4.69) is 36.1 Å². The Bertz CT molecular complexity index is 605. The number of aliphatic hydroxyl groups is 2. The molecule has 1 amide bonds. The Hall–Kier alpha value is -1.57. The number of hydrogen-bond donors (Lipinski definition) is 6. The minimum absolute atomic E-state index is 0. The zero-order valence-corrected chi connectivity index (χ0v) is 26.6. The molecule has 8 N–H and O–H groups in total. The van der Waals surface area contributed by atoms with Crippen molar-refractivity contribution in [1.82, 2.24) is 0 Å². The van der Waals surface area contributed by atoms with Crippen LogP contribution >= 0.6 is 0 Å². The number of benzene rings is 2. The molecule has 0 aliphatic heterocycles. The van der Waals surface area contributed by atoms with E-state index in [1.54, 1.807) is 0 Å². The molecular formula is C19H27CdHgN2O7. The van der Waals surface area contributed by atoms with E-state index < -0.39 is 24.1 Å². The third kappa shape index (κ3) is 34.0. The number of carboxylic acids is 2. The van der Waals surface area contributed by atoms with E-state index in [0.717, 1.165) is 31.8 Å². The standard InChI is InChI=1S/C6H7N.C6H5.2C3H6O3.CH3NO.Cd.Hg/c7-6-4-2-1-3-5-6;1-2-4-6-5-3-1;2*1-2(4)3(5)6;2-1-3;;/h1-5H,7H2;1-5H;2*2,4H,1H3,(H,5,6);1H,(H2,2,3);;. The number of hydrogen-bond acceptors (Lipinski definition) is 6. The van der Waals surface area contributed by atoms with Crippen molar-refractivity contribution in [1.29, 1.82) is 0 Å². The van der Waals surface area contributed by atoms with Crippen molar-refractivity contribution in [3.63, 3.8) is 0 Å². The molecule has 2 rings (SSSR count). The molecule has 0 radical (unpaired) electrons. The van der Waals surface area contributed by atoms with Gasteiger partial charge in [0.15, 0.2) is 0 Å². The van der Waals surface area contributed by atoms with E-state index in [4.69, 9.17) is 31.0 Å². The fraction of sp³-hybridized carbons (Fsp3) is 0.211. The van der Waals surface area contributed by atoms with E-state index in [-0.39, 0.29) is 33.7 Å². The summed E-state index contributed by atoms with van der Waals surface area (Å²) < 4.78 is 1.52. The number of nitrogen functional groups attached to an aromatic ring is 1. The summed E-state index contributed by atoms with van der Waals surface area (Å²) in [7, 11) is 0. The first kappa shape index (κ1) is 35.8. The number of primary amides is 1. The molecule has 2 unspecified atom stereocenters. The van der Waals surface area contributed by atoms with Gasteiger partial charge in [0, 0.05) is 33.0 Å². The Morgan fingerprint density at radius 1 is 0.867 bits per heavy atom. The molecule has 159 valence electrons. The predicted octanol–water partition coefficient (Wildman–Crippen LogP) is 0.130. The van der Waals surface area contributed by atoms with Gasteiger partial charge in [-0.2, -0.15) is 0 Å². The Kier molecular flexibility index (Phi) is 30.4. The number of carboxylic acid groups (broad SMARTS) is 2. The van der Waals surface area contributed by atoms with Gasteiger partial charge in [0.25, 0.3) is 0 Å². The van der Waals surface area contributed by atoms with Crippen LogP contribution in [-0.4, -0.2) is 51.0 Å². The second-order valence-corrected chi connectivity index (χ2v) is 8.23. The van der Waals surface area contributed by atoms with Gasteiger partial charge < -0.3 is 31.9 Å². The summed E-state index contributed by atoms with van der Waals surface area (Å²) in [5, 5.41) is 31.5. The maximum atomic E-state index is 9.45. The summed E-state index contributed by atoms with van der Waals surface area (Å²) >= 11 is 0.810. The average molecular weight is 708 g/mol. The molecule has 0 spiro atoms. The Balaban J connectivity index is -0.000000143. The number of carbonyl (C=O) groups excluding carboxylic acids is 1. The fourth-order valence-corrected chi connectivity index (χ4v) is 1.99. The number of rotatable bonds is 2. The molecule has 0 aromatic heterocycles. The molecule has 0 heterocycles. The SMILES string of the molecule is CC(O)C(=O)O.CC(O)C(=O)O.NC=O.Nc1ccccc1.[Cd].[Hg][c]1ccccc1. The van der Waals surface area contributed by atoms with Gasteiger partial charge in [0.05, 0.1) is 0 Å². The number of carbonyl (C=O) groups is 3. The van der Waals surface area contributed by atoms with Crippen LogP contribution in [0, 0.1) is 0 Å². The first-order valence-electron chi connectivity index (χ1n) is 8.14. The molecule has 11 heteroatoms. The van der Waals surface area contributed by atoms with Crippen LogP contribution in [0.1, 0.15) is 13.8 Å². The van der Waals surface area contributed by atoms with E-state index >= 15 is 0 Å². The number of amides is 1. The van der Waals surface area contributed by atoms with Crippen molar-refractivity contribution in [2.75, 3.05) is 5.73 Å². The molecule has 2 aromatic carbocycles. The van der Waals surface area contributed by atoms with Crippen LogP contribution in [0.3, 0.4) is 0 Å². The normalized spacial score (nSPS) is 9.93. The van der Waals surface area contributed by atoms with Crippen LogP contribution in [0.2, 0.25) is 0 Å². The number of para-hydroxylation sites is 1. The summed E-state index contributed by atoms with van der Waals surface area (Å²) in [5.74, 6) is -2.37. The monoisotopic (exact) mass is 711 g/mol. The number of nitrogens with two attached hydrogens (primary N) is 2. The van der Waals surface area contributed by atoms with Crippen molar-refractivity contribution < 1.29 is 88.2 Å². The van der Waals surface area contributed by atoms with E-state index in [1.807, 2.05) is 30.3 Å². The van der Waals surface area contributed by atoms with Crippen LogP contribution in [0.5, 0.6) is 0 Å². The van der Waals surface area contributed by atoms with Crippen molar-refractivity contribution >= 4 is 27.1 Å². The van der Waals surface area contributed by atoms with Crippen LogP contribution in [0.25, 0.3) is 0 Å². The molecule has 0 saturated heterocycles.